The minimum atomic E-state index is -0.554. The van der Waals surface area contributed by atoms with Crippen molar-refractivity contribution in [3.05, 3.63) is 56.8 Å². The van der Waals surface area contributed by atoms with E-state index in [0.717, 1.165) is 10.0 Å². The van der Waals surface area contributed by atoms with Crippen molar-refractivity contribution in [1.82, 2.24) is 0 Å². The monoisotopic (exact) mass is 338 g/mol. The lowest BCUT2D eigenvalue weighted by Crippen LogP contribution is -1.97. The Hall–Kier alpha value is -1.57. The highest BCUT2D eigenvalue weighted by Gasteiger charge is 2.10. The molecule has 0 atom stereocenters. The van der Waals surface area contributed by atoms with E-state index in [0.29, 0.717) is 16.4 Å². The van der Waals surface area contributed by atoms with Crippen LogP contribution in [0.2, 0.25) is 5.02 Å². The van der Waals surface area contributed by atoms with Crippen LogP contribution in [0, 0.1) is 24.1 Å². The minimum absolute atomic E-state index is 0.0221. The Balaban J connectivity index is 2.45. The fourth-order valence-electron chi connectivity index (χ4n) is 1.63. The summed E-state index contributed by atoms with van der Waals surface area (Å²) in [5, 5.41) is 12.6. The average molecular weight is 340 g/mol. The number of benzene rings is 2. The summed E-state index contributed by atoms with van der Waals surface area (Å²) in [5.41, 5.74) is 1.99. The topological polar surface area (TPSA) is 35.8 Å². The van der Waals surface area contributed by atoms with Crippen LogP contribution in [0.15, 0.2) is 34.8 Å². The third kappa shape index (κ3) is 2.89. The predicted octanol–water partition coefficient (Wildman–Crippen LogP) is 5.17. The molecule has 19 heavy (non-hydrogen) atoms. The summed E-state index contributed by atoms with van der Waals surface area (Å²) in [6.07, 6.45) is 0. The average Bonchev–Trinajstić information content (AvgIpc) is 2.36. The molecule has 0 aliphatic rings. The number of nitrogens with one attached hydrogen (secondary N) is 1. The Morgan fingerprint density at radius 2 is 2.05 bits per heavy atom. The second-order valence-corrected chi connectivity index (χ2v) is 5.24. The third-order valence-corrected chi connectivity index (χ3v) is 3.71. The van der Waals surface area contributed by atoms with E-state index in [1.165, 1.54) is 6.07 Å². The molecule has 2 aromatic carbocycles. The maximum absolute atomic E-state index is 13.5. The van der Waals surface area contributed by atoms with Crippen molar-refractivity contribution in [2.45, 2.75) is 6.92 Å². The molecule has 0 aliphatic carbocycles. The van der Waals surface area contributed by atoms with E-state index >= 15 is 0 Å². The van der Waals surface area contributed by atoms with Gasteiger partial charge in [-0.05, 0) is 52.7 Å². The molecule has 96 valence electrons. The SMILES string of the molecule is Cc1cc(Br)c(Nc2cccc(F)c2C#N)cc1Cl. The van der Waals surface area contributed by atoms with Gasteiger partial charge in [-0.25, -0.2) is 4.39 Å². The van der Waals surface area contributed by atoms with Crippen LogP contribution >= 0.6 is 27.5 Å². The predicted molar refractivity (Wildman–Crippen MR) is 78.3 cm³/mol. The summed E-state index contributed by atoms with van der Waals surface area (Å²) in [6, 6.07) is 9.87. The largest absolute Gasteiger partial charge is 0.353 e. The number of hydrogen-bond acceptors (Lipinski definition) is 2. The fraction of sp³-hybridized carbons (Fsp3) is 0.0714. The standard InChI is InChI=1S/C14H9BrClFN2/c1-8-5-10(15)14(6-11(8)16)19-13-4-2-3-12(17)9(13)7-18/h2-6,19H,1H3. The zero-order valence-corrected chi connectivity index (χ0v) is 12.3. The summed E-state index contributed by atoms with van der Waals surface area (Å²) >= 11 is 9.46. The second-order valence-electron chi connectivity index (χ2n) is 3.98. The molecule has 0 saturated carbocycles. The van der Waals surface area contributed by atoms with Crippen molar-refractivity contribution in [3.8, 4) is 6.07 Å². The van der Waals surface area contributed by atoms with E-state index in [2.05, 4.69) is 21.2 Å². The van der Waals surface area contributed by atoms with Crippen LogP contribution in [0.4, 0.5) is 15.8 Å². The third-order valence-electron chi connectivity index (χ3n) is 2.64. The highest BCUT2D eigenvalue weighted by molar-refractivity contribution is 9.10. The van der Waals surface area contributed by atoms with Gasteiger partial charge in [-0.2, -0.15) is 5.26 Å². The summed E-state index contributed by atoms with van der Waals surface area (Å²) in [6.45, 7) is 1.89. The lowest BCUT2D eigenvalue weighted by Gasteiger charge is -2.12. The van der Waals surface area contributed by atoms with Crippen LogP contribution in [0.3, 0.4) is 0 Å². The molecule has 2 aromatic rings. The van der Waals surface area contributed by atoms with Crippen molar-refractivity contribution in [2.24, 2.45) is 0 Å². The van der Waals surface area contributed by atoms with Crippen molar-refractivity contribution in [1.29, 1.82) is 5.26 Å². The molecule has 0 amide bonds. The van der Waals surface area contributed by atoms with Crippen LogP contribution < -0.4 is 5.32 Å². The molecule has 0 unspecified atom stereocenters. The summed E-state index contributed by atoms with van der Waals surface area (Å²) in [5.74, 6) is -0.554. The first-order chi connectivity index (χ1) is 9.02. The molecule has 0 fully saturated rings. The van der Waals surface area contributed by atoms with E-state index in [4.69, 9.17) is 16.9 Å². The number of nitrogens with zero attached hydrogens (tertiary/aromatic N) is 1. The second kappa shape index (κ2) is 5.60. The van der Waals surface area contributed by atoms with Crippen LogP contribution in [-0.4, -0.2) is 0 Å². The molecule has 0 radical (unpaired) electrons. The van der Waals surface area contributed by atoms with Crippen LogP contribution in [0.1, 0.15) is 11.1 Å². The molecule has 2 nitrogen and oxygen atoms in total. The van der Waals surface area contributed by atoms with Crippen molar-refractivity contribution >= 4 is 38.9 Å². The molecule has 0 aromatic heterocycles. The van der Waals surface area contributed by atoms with E-state index in [9.17, 15) is 4.39 Å². The van der Waals surface area contributed by atoms with Gasteiger partial charge in [-0.3, -0.25) is 0 Å². The maximum atomic E-state index is 13.5. The Morgan fingerprint density at radius 3 is 2.74 bits per heavy atom. The van der Waals surface area contributed by atoms with Crippen molar-refractivity contribution in [2.75, 3.05) is 5.32 Å². The zero-order chi connectivity index (χ0) is 14.0. The van der Waals surface area contributed by atoms with Crippen LogP contribution in [0.5, 0.6) is 0 Å². The normalized spacial score (nSPS) is 10.1. The van der Waals surface area contributed by atoms with Gasteiger partial charge in [0.15, 0.2) is 0 Å². The summed E-state index contributed by atoms with van der Waals surface area (Å²) < 4.78 is 14.3. The number of hydrogen-bond donors (Lipinski definition) is 1. The number of aryl methyl sites for hydroxylation is 1. The van der Waals surface area contributed by atoms with Gasteiger partial charge in [0.2, 0.25) is 0 Å². The minimum Gasteiger partial charge on any atom is -0.353 e. The fourth-order valence-corrected chi connectivity index (χ4v) is 2.35. The molecule has 2 rings (SSSR count). The van der Waals surface area contributed by atoms with Gasteiger partial charge in [0.25, 0.3) is 0 Å². The first-order valence-electron chi connectivity index (χ1n) is 5.44. The highest BCUT2D eigenvalue weighted by atomic mass is 79.9. The Morgan fingerprint density at radius 1 is 1.32 bits per heavy atom. The Labute approximate surface area is 123 Å². The lowest BCUT2D eigenvalue weighted by atomic mass is 10.1. The van der Waals surface area contributed by atoms with Gasteiger partial charge in [0.1, 0.15) is 17.4 Å². The molecule has 0 aliphatic heterocycles. The lowest BCUT2D eigenvalue weighted by molar-refractivity contribution is 0.624. The molecule has 0 heterocycles. The highest BCUT2D eigenvalue weighted by Crippen LogP contribution is 2.32. The molecule has 0 saturated heterocycles. The number of halogens is 3. The van der Waals surface area contributed by atoms with E-state index < -0.39 is 5.82 Å². The Bertz CT molecular complexity index is 680. The van der Waals surface area contributed by atoms with E-state index in [1.54, 1.807) is 18.2 Å². The zero-order valence-electron chi connectivity index (χ0n) is 9.97. The van der Waals surface area contributed by atoms with E-state index in [1.807, 2.05) is 19.1 Å². The molecule has 1 N–H and O–H groups in total. The van der Waals surface area contributed by atoms with Gasteiger partial charge in [-0.1, -0.05) is 17.7 Å². The number of rotatable bonds is 2. The van der Waals surface area contributed by atoms with Gasteiger partial charge in [0, 0.05) is 9.50 Å². The van der Waals surface area contributed by atoms with Crippen molar-refractivity contribution in [3.63, 3.8) is 0 Å². The number of anilines is 2. The van der Waals surface area contributed by atoms with Gasteiger partial charge >= 0.3 is 0 Å². The van der Waals surface area contributed by atoms with E-state index in [-0.39, 0.29) is 5.56 Å². The molecular formula is C14H9BrClFN2. The first-order valence-corrected chi connectivity index (χ1v) is 6.61. The molecule has 0 bridgehead atoms. The van der Waals surface area contributed by atoms with Crippen molar-refractivity contribution < 1.29 is 4.39 Å². The molecule has 0 spiro atoms. The Kier molecular flexibility index (Phi) is 4.08. The summed E-state index contributed by atoms with van der Waals surface area (Å²) in [7, 11) is 0. The summed E-state index contributed by atoms with van der Waals surface area (Å²) in [4.78, 5) is 0. The first kappa shape index (κ1) is 13.9. The maximum Gasteiger partial charge on any atom is 0.143 e. The van der Waals surface area contributed by atoms with Gasteiger partial charge in [-0.15, -0.1) is 0 Å². The number of nitriles is 1. The smallest absolute Gasteiger partial charge is 0.143 e. The quantitative estimate of drug-likeness (QED) is 0.819. The molecular weight excluding hydrogens is 331 g/mol. The van der Waals surface area contributed by atoms with Crippen LogP contribution in [0.25, 0.3) is 0 Å². The molecule has 5 heteroatoms. The van der Waals surface area contributed by atoms with Gasteiger partial charge in [0.05, 0.1) is 11.4 Å². The van der Waals surface area contributed by atoms with Crippen LogP contribution in [-0.2, 0) is 0 Å². The van der Waals surface area contributed by atoms with Gasteiger partial charge < -0.3 is 5.32 Å².